The Hall–Kier alpha value is -8.38. The number of likely N-dealkylation sites (tertiary alicyclic amines) is 1. The molecule has 0 saturated carbocycles. The van der Waals surface area contributed by atoms with Crippen LogP contribution in [0.5, 0.6) is 0 Å². The molecule has 2 saturated heterocycles. The largest absolute Gasteiger partial charge is 0.383 e. The molecule has 8 aromatic heterocycles. The Labute approximate surface area is 455 Å². The summed E-state index contributed by atoms with van der Waals surface area (Å²) in [5.41, 5.74) is 26.7. The van der Waals surface area contributed by atoms with E-state index in [-0.39, 0.29) is 23.4 Å². The number of halogens is 1. The molecule has 388 valence electrons. The van der Waals surface area contributed by atoms with Crippen LogP contribution in [0.3, 0.4) is 0 Å². The lowest BCUT2D eigenvalue weighted by atomic mass is 9.89. The number of anilines is 2. The van der Waals surface area contributed by atoms with Crippen molar-refractivity contribution in [1.29, 1.82) is 0 Å². The predicted octanol–water partition coefficient (Wildman–Crippen LogP) is 10.7. The topological polar surface area (TPSA) is 213 Å². The number of Topliss-reactive ketones (excluding diaryl/α,β-unsaturated/α-hetero) is 2. The highest BCUT2D eigenvalue weighted by Crippen LogP contribution is 2.37. The molecule has 16 nitrogen and oxygen atoms in total. The van der Waals surface area contributed by atoms with Gasteiger partial charge in [-0.25, -0.2) is 9.97 Å². The Morgan fingerprint density at radius 3 is 1.43 bits per heavy atom. The van der Waals surface area contributed by atoms with Gasteiger partial charge in [0.25, 0.3) is 0 Å². The lowest BCUT2D eigenvalue weighted by Crippen LogP contribution is -2.33. The Morgan fingerprint density at radius 2 is 1.03 bits per heavy atom. The number of carbonyl (C=O) groups is 2. The van der Waals surface area contributed by atoms with Crippen molar-refractivity contribution < 1.29 is 9.59 Å². The van der Waals surface area contributed by atoms with Crippen LogP contribution in [-0.2, 0) is 11.9 Å². The number of nitrogens with two attached hydrogens (primary N) is 2. The summed E-state index contributed by atoms with van der Waals surface area (Å²) in [6, 6.07) is 36.2. The summed E-state index contributed by atoms with van der Waals surface area (Å²) in [6.07, 6.45) is 18.2. The lowest BCUT2D eigenvalue weighted by Gasteiger charge is -2.32. The molecule has 2 aliphatic heterocycles. The Balaban J connectivity index is 0.000000155. The number of nitrogen functional groups attached to an aromatic ring is 2. The standard InChI is InChI=1S/C30H29N7O.C24H24N6O.C6H6BrN/c1-20(38)27-28(23-11-14-36(15-12-23)19-21-6-5-13-32-16-21)35-30-25(18-34-37(30)29(27)31)24-9-10-26(33-17-24)22-7-3-2-4-8-22;1-15(31)21-22(17-9-11-26-12-10-17)29-24-19(14-28-30(24)23(21)25)18-7-8-20(27-13-18)16-5-3-2-4-6-16;7-4-6-2-1-3-8-5-6/h2-10,13,16-18,23H,11-12,14-15,19,31H2,1H3;2-8,13-14,17,26H,9-12,25H2,1H3;1-3,5H,4H2. The highest BCUT2D eigenvalue weighted by molar-refractivity contribution is 9.08. The summed E-state index contributed by atoms with van der Waals surface area (Å²) in [5.74, 6) is 0.880. The molecule has 10 heterocycles. The Bertz CT molecular complexity index is 3600. The van der Waals surface area contributed by atoms with E-state index >= 15 is 0 Å². The van der Waals surface area contributed by atoms with E-state index < -0.39 is 0 Å². The van der Waals surface area contributed by atoms with Gasteiger partial charge in [-0.1, -0.05) is 101 Å². The van der Waals surface area contributed by atoms with Gasteiger partial charge in [0.05, 0.1) is 46.3 Å². The first-order valence-electron chi connectivity index (χ1n) is 25.8. The van der Waals surface area contributed by atoms with Crippen LogP contribution in [0, 0.1) is 0 Å². The predicted molar refractivity (Wildman–Crippen MR) is 305 cm³/mol. The SMILES string of the molecule is BrCc1cccnc1.CC(=O)c1c(C2CCN(Cc3cccnc3)CC2)nc2c(-c3ccc(-c4ccccc4)nc3)cnn2c1N.CC(=O)c1c(C2CCNCC2)nc2c(-c3ccc(-c4ccccc4)nc3)cnn2c1N. The van der Waals surface area contributed by atoms with Gasteiger partial charge in [0.2, 0.25) is 0 Å². The number of fused-ring (bicyclic) bond motifs is 2. The van der Waals surface area contributed by atoms with Crippen molar-refractivity contribution in [1.82, 2.24) is 59.3 Å². The second-order valence-corrected chi connectivity index (χ2v) is 19.8. The number of nitrogens with zero attached hydrogens (tertiary/aromatic N) is 11. The number of hydrogen-bond acceptors (Lipinski definition) is 14. The Kier molecular flexibility index (Phi) is 16.3. The smallest absolute Gasteiger partial charge is 0.165 e. The molecule has 0 atom stereocenters. The highest BCUT2D eigenvalue weighted by atomic mass is 79.9. The van der Waals surface area contributed by atoms with Crippen LogP contribution in [0.4, 0.5) is 11.6 Å². The maximum absolute atomic E-state index is 12.7. The van der Waals surface area contributed by atoms with E-state index in [2.05, 4.69) is 62.3 Å². The van der Waals surface area contributed by atoms with Crippen molar-refractivity contribution in [3.05, 3.63) is 192 Å². The molecule has 0 unspecified atom stereocenters. The molecule has 12 rings (SSSR count). The molecule has 5 N–H and O–H groups in total. The number of aromatic nitrogens is 10. The number of nitrogens with one attached hydrogen (secondary N) is 1. The number of ketones is 2. The number of alkyl halides is 1. The van der Waals surface area contributed by atoms with E-state index in [1.807, 2.05) is 128 Å². The number of benzene rings is 2. The molecule has 0 amide bonds. The minimum Gasteiger partial charge on any atom is -0.383 e. The van der Waals surface area contributed by atoms with Crippen molar-refractivity contribution in [2.45, 2.75) is 63.2 Å². The van der Waals surface area contributed by atoms with Gasteiger partial charge in [-0.05, 0) is 101 Å². The van der Waals surface area contributed by atoms with Crippen LogP contribution in [0.2, 0.25) is 0 Å². The molecule has 77 heavy (non-hydrogen) atoms. The van der Waals surface area contributed by atoms with Gasteiger partial charge in [-0.15, -0.1) is 0 Å². The zero-order valence-corrected chi connectivity index (χ0v) is 44.6. The minimum atomic E-state index is -0.0874. The van der Waals surface area contributed by atoms with Crippen LogP contribution in [0.25, 0.3) is 56.1 Å². The highest BCUT2D eigenvalue weighted by Gasteiger charge is 2.30. The molecule has 2 aromatic carbocycles. The first-order chi connectivity index (χ1) is 37.6. The summed E-state index contributed by atoms with van der Waals surface area (Å²) in [6.45, 7) is 7.61. The number of carbonyl (C=O) groups excluding carboxylic acids is 2. The van der Waals surface area contributed by atoms with Crippen molar-refractivity contribution in [3.63, 3.8) is 0 Å². The third kappa shape index (κ3) is 11.7. The quantitative estimate of drug-likeness (QED) is 0.0812. The van der Waals surface area contributed by atoms with E-state index in [0.29, 0.717) is 34.1 Å². The van der Waals surface area contributed by atoms with Crippen LogP contribution >= 0.6 is 15.9 Å². The number of rotatable bonds is 11. The first kappa shape index (κ1) is 52.1. The molecular formula is C60H59BrN14O2. The van der Waals surface area contributed by atoms with Crippen molar-refractivity contribution in [2.24, 2.45) is 0 Å². The van der Waals surface area contributed by atoms with Gasteiger partial charge in [0, 0.05) is 94.3 Å². The van der Waals surface area contributed by atoms with Crippen molar-refractivity contribution in [3.8, 4) is 44.8 Å². The third-order valence-electron chi connectivity index (χ3n) is 14.1. The third-order valence-corrected chi connectivity index (χ3v) is 14.8. The molecule has 10 aromatic rings. The number of pyridine rings is 4. The van der Waals surface area contributed by atoms with Gasteiger partial charge in [0.15, 0.2) is 22.9 Å². The second kappa shape index (κ2) is 24.1. The average molecular weight is 1090 g/mol. The Morgan fingerprint density at radius 1 is 0.558 bits per heavy atom. The molecule has 2 aliphatic rings. The molecule has 2 fully saturated rings. The maximum atomic E-state index is 12.7. The molecule has 0 spiro atoms. The molecule has 0 bridgehead atoms. The monoisotopic (exact) mass is 1090 g/mol. The lowest BCUT2D eigenvalue weighted by molar-refractivity contribution is 0.100. The fraction of sp³-hybridized carbons (Fsp3) is 0.233. The van der Waals surface area contributed by atoms with Gasteiger partial charge in [0.1, 0.15) is 11.6 Å². The van der Waals surface area contributed by atoms with Crippen LogP contribution in [0.15, 0.2) is 159 Å². The van der Waals surface area contributed by atoms with Gasteiger partial charge >= 0.3 is 0 Å². The summed E-state index contributed by atoms with van der Waals surface area (Å²) < 4.78 is 3.15. The number of piperidine rings is 2. The maximum Gasteiger partial charge on any atom is 0.165 e. The minimum absolute atomic E-state index is 0.0774. The van der Waals surface area contributed by atoms with Gasteiger partial charge in [-0.2, -0.15) is 19.2 Å². The van der Waals surface area contributed by atoms with Gasteiger partial charge < -0.3 is 16.8 Å². The summed E-state index contributed by atoms with van der Waals surface area (Å²) >= 11 is 3.32. The molecular weight excluding hydrogens is 1030 g/mol. The summed E-state index contributed by atoms with van der Waals surface area (Å²) in [5, 5.41) is 13.2. The van der Waals surface area contributed by atoms with Crippen LogP contribution in [-0.4, -0.2) is 91.8 Å². The van der Waals surface area contributed by atoms with E-state index in [0.717, 1.165) is 120 Å². The van der Waals surface area contributed by atoms with E-state index in [1.165, 1.54) is 11.1 Å². The average Bonchev–Trinajstić information content (AvgIpc) is 4.13. The van der Waals surface area contributed by atoms with Crippen molar-refractivity contribution in [2.75, 3.05) is 37.6 Å². The fourth-order valence-corrected chi connectivity index (χ4v) is 10.5. The van der Waals surface area contributed by atoms with E-state index in [1.54, 1.807) is 47.7 Å². The van der Waals surface area contributed by atoms with Crippen molar-refractivity contribution >= 4 is 50.4 Å². The molecule has 0 radical (unpaired) electrons. The van der Waals surface area contributed by atoms with E-state index in [9.17, 15) is 9.59 Å². The number of hydrogen-bond donors (Lipinski definition) is 3. The zero-order chi connectivity index (χ0) is 53.3. The first-order valence-corrected chi connectivity index (χ1v) is 26.9. The van der Waals surface area contributed by atoms with Crippen LogP contribution in [0.1, 0.15) is 94.6 Å². The molecule has 0 aliphatic carbocycles. The van der Waals surface area contributed by atoms with E-state index in [4.69, 9.17) is 21.4 Å². The molecule has 17 heteroatoms. The fourth-order valence-electron chi connectivity index (χ4n) is 10.1. The van der Waals surface area contributed by atoms with Crippen LogP contribution < -0.4 is 16.8 Å². The summed E-state index contributed by atoms with van der Waals surface area (Å²) in [7, 11) is 0. The summed E-state index contributed by atoms with van der Waals surface area (Å²) in [4.78, 5) is 55.1. The van der Waals surface area contributed by atoms with Gasteiger partial charge in [-0.3, -0.25) is 34.4 Å². The second-order valence-electron chi connectivity index (χ2n) is 19.2. The zero-order valence-electron chi connectivity index (χ0n) is 43.0. The normalized spacial score (nSPS) is 14.1.